The summed E-state index contributed by atoms with van der Waals surface area (Å²) in [6.45, 7) is 7.95. The number of hydrogen-bond acceptors (Lipinski definition) is 4. The molecule has 0 aliphatic rings. The summed E-state index contributed by atoms with van der Waals surface area (Å²) in [5.74, 6) is 2.25. The van der Waals surface area contributed by atoms with E-state index in [9.17, 15) is 0 Å². The number of benzene rings is 1. The Bertz CT molecular complexity index is 820. The normalized spacial score (nSPS) is 10.7. The van der Waals surface area contributed by atoms with Crippen LogP contribution in [-0.2, 0) is 0 Å². The Morgan fingerprint density at radius 2 is 1.73 bits per heavy atom. The highest BCUT2D eigenvalue weighted by Gasteiger charge is 2.09. The van der Waals surface area contributed by atoms with Crippen molar-refractivity contribution >= 4 is 11.5 Å². The molecule has 112 valence electrons. The Morgan fingerprint density at radius 1 is 0.955 bits per heavy atom. The van der Waals surface area contributed by atoms with Crippen LogP contribution in [0.15, 0.2) is 36.4 Å². The van der Waals surface area contributed by atoms with Gasteiger partial charge in [0, 0.05) is 17.4 Å². The molecule has 0 spiro atoms. The highest BCUT2D eigenvalue weighted by molar-refractivity contribution is 5.61. The molecule has 22 heavy (non-hydrogen) atoms. The van der Waals surface area contributed by atoms with Crippen molar-refractivity contribution in [3.8, 4) is 5.82 Å². The van der Waals surface area contributed by atoms with E-state index in [4.69, 9.17) is 0 Å². The van der Waals surface area contributed by atoms with Crippen LogP contribution in [0.4, 0.5) is 11.5 Å². The highest BCUT2D eigenvalue weighted by atomic mass is 15.3. The average molecular weight is 293 g/mol. The molecule has 3 aromatic rings. The van der Waals surface area contributed by atoms with E-state index >= 15 is 0 Å². The van der Waals surface area contributed by atoms with Gasteiger partial charge in [-0.15, -0.1) is 0 Å². The number of rotatable bonds is 3. The van der Waals surface area contributed by atoms with Crippen LogP contribution >= 0.6 is 0 Å². The molecule has 0 aliphatic carbocycles. The minimum Gasteiger partial charge on any atom is -0.340 e. The largest absolute Gasteiger partial charge is 0.340 e. The van der Waals surface area contributed by atoms with E-state index in [-0.39, 0.29) is 0 Å². The summed E-state index contributed by atoms with van der Waals surface area (Å²) in [7, 11) is 0. The van der Waals surface area contributed by atoms with E-state index in [2.05, 4.69) is 33.4 Å². The van der Waals surface area contributed by atoms with Crippen LogP contribution in [0.5, 0.6) is 0 Å². The van der Waals surface area contributed by atoms with Crippen LogP contribution in [-0.4, -0.2) is 19.7 Å². The van der Waals surface area contributed by atoms with Crippen molar-refractivity contribution < 1.29 is 0 Å². The summed E-state index contributed by atoms with van der Waals surface area (Å²) in [5.41, 5.74) is 4.24. The molecule has 0 fully saturated rings. The Balaban J connectivity index is 2.00. The van der Waals surface area contributed by atoms with Gasteiger partial charge in [0.1, 0.15) is 11.6 Å². The van der Waals surface area contributed by atoms with Gasteiger partial charge < -0.3 is 5.32 Å². The van der Waals surface area contributed by atoms with Crippen LogP contribution in [0.2, 0.25) is 0 Å². The maximum atomic E-state index is 4.49. The molecule has 0 aliphatic heterocycles. The second-order valence-electron chi connectivity index (χ2n) is 5.44. The average Bonchev–Trinajstić information content (AvgIpc) is 2.80. The summed E-state index contributed by atoms with van der Waals surface area (Å²) in [5, 5.41) is 7.84. The molecule has 0 saturated heterocycles. The number of nitrogens with zero attached hydrogens (tertiary/aromatic N) is 4. The predicted molar refractivity (Wildman–Crippen MR) is 87.8 cm³/mol. The molecular weight excluding hydrogens is 274 g/mol. The number of aromatic nitrogens is 4. The molecule has 5 heteroatoms. The molecule has 2 aromatic heterocycles. The van der Waals surface area contributed by atoms with Gasteiger partial charge in [-0.3, -0.25) is 0 Å². The number of anilines is 2. The Hall–Kier alpha value is -2.69. The Kier molecular flexibility index (Phi) is 3.63. The SMILES string of the molecule is Cc1cc(C)n(-c2cc(Nc3ccccc3C)nc(C)n2)n1. The molecule has 1 N–H and O–H groups in total. The fourth-order valence-electron chi connectivity index (χ4n) is 2.44. The van der Waals surface area contributed by atoms with Crippen molar-refractivity contribution in [2.75, 3.05) is 5.32 Å². The van der Waals surface area contributed by atoms with Gasteiger partial charge in [-0.25, -0.2) is 14.6 Å². The molecule has 0 saturated carbocycles. The van der Waals surface area contributed by atoms with Gasteiger partial charge in [0.2, 0.25) is 0 Å². The van der Waals surface area contributed by atoms with Crippen LogP contribution in [0.3, 0.4) is 0 Å². The third-order valence-electron chi connectivity index (χ3n) is 3.46. The van der Waals surface area contributed by atoms with Gasteiger partial charge in [-0.1, -0.05) is 18.2 Å². The predicted octanol–water partition coefficient (Wildman–Crippen LogP) is 3.64. The monoisotopic (exact) mass is 293 g/mol. The molecule has 0 bridgehead atoms. The maximum absolute atomic E-state index is 4.49. The first-order valence-electron chi connectivity index (χ1n) is 7.25. The Labute approximate surface area is 130 Å². The second kappa shape index (κ2) is 5.60. The molecule has 5 nitrogen and oxygen atoms in total. The van der Waals surface area contributed by atoms with E-state index in [1.165, 1.54) is 5.56 Å². The first-order chi connectivity index (χ1) is 10.5. The zero-order valence-electron chi connectivity index (χ0n) is 13.3. The van der Waals surface area contributed by atoms with Crippen LogP contribution in [0, 0.1) is 27.7 Å². The van der Waals surface area contributed by atoms with E-state index in [0.29, 0.717) is 5.82 Å². The zero-order chi connectivity index (χ0) is 15.7. The number of para-hydroxylation sites is 1. The quantitative estimate of drug-likeness (QED) is 0.801. The zero-order valence-corrected chi connectivity index (χ0v) is 13.3. The molecular formula is C17H19N5. The second-order valence-corrected chi connectivity index (χ2v) is 5.44. The summed E-state index contributed by atoms with van der Waals surface area (Å²) >= 11 is 0. The molecule has 0 unspecified atom stereocenters. The van der Waals surface area contributed by atoms with E-state index < -0.39 is 0 Å². The van der Waals surface area contributed by atoms with Crippen LogP contribution < -0.4 is 5.32 Å². The van der Waals surface area contributed by atoms with Gasteiger partial charge in [-0.2, -0.15) is 5.10 Å². The third kappa shape index (κ3) is 2.83. The fraction of sp³-hybridized carbons (Fsp3) is 0.235. The third-order valence-corrected chi connectivity index (χ3v) is 3.46. The van der Waals surface area contributed by atoms with Gasteiger partial charge >= 0.3 is 0 Å². The van der Waals surface area contributed by atoms with Crippen molar-refractivity contribution in [2.24, 2.45) is 0 Å². The van der Waals surface area contributed by atoms with Crippen molar-refractivity contribution in [3.05, 3.63) is 59.2 Å². The lowest BCUT2D eigenvalue weighted by atomic mass is 10.2. The number of aryl methyl sites for hydroxylation is 4. The first-order valence-corrected chi connectivity index (χ1v) is 7.25. The van der Waals surface area contributed by atoms with E-state index in [1.54, 1.807) is 0 Å². The standard InChI is InChI=1S/C17H19N5/c1-11-7-5-6-8-15(11)20-16-10-17(19-14(4)18-16)22-13(3)9-12(2)21-22/h5-10H,1-4H3,(H,18,19,20). The smallest absolute Gasteiger partial charge is 0.159 e. The van der Waals surface area contributed by atoms with Crippen molar-refractivity contribution in [1.82, 2.24) is 19.7 Å². The van der Waals surface area contributed by atoms with Crippen molar-refractivity contribution in [3.63, 3.8) is 0 Å². The van der Waals surface area contributed by atoms with Gasteiger partial charge in [0.05, 0.1) is 5.69 Å². The lowest BCUT2D eigenvalue weighted by Crippen LogP contribution is -2.06. The number of hydrogen-bond donors (Lipinski definition) is 1. The lowest BCUT2D eigenvalue weighted by molar-refractivity contribution is 0.794. The van der Waals surface area contributed by atoms with Gasteiger partial charge in [0.15, 0.2) is 5.82 Å². The first kappa shape index (κ1) is 14.3. The molecule has 1 aromatic carbocycles. The van der Waals surface area contributed by atoms with E-state index in [1.807, 2.05) is 55.8 Å². The maximum Gasteiger partial charge on any atom is 0.159 e. The van der Waals surface area contributed by atoms with Gasteiger partial charge in [-0.05, 0) is 45.4 Å². The van der Waals surface area contributed by atoms with Gasteiger partial charge in [0.25, 0.3) is 0 Å². The van der Waals surface area contributed by atoms with Crippen molar-refractivity contribution in [1.29, 1.82) is 0 Å². The highest BCUT2D eigenvalue weighted by Crippen LogP contribution is 2.20. The summed E-state index contributed by atoms with van der Waals surface area (Å²) in [4.78, 5) is 8.96. The molecule has 0 radical (unpaired) electrons. The Morgan fingerprint density at radius 3 is 2.41 bits per heavy atom. The summed E-state index contributed by atoms with van der Waals surface area (Å²) in [6.07, 6.45) is 0. The van der Waals surface area contributed by atoms with E-state index in [0.717, 1.165) is 28.7 Å². The number of nitrogens with one attached hydrogen (secondary N) is 1. The molecule has 2 heterocycles. The molecule has 0 atom stereocenters. The van der Waals surface area contributed by atoms with Crippen LogP contribution in [0.1, 0.15) is 22.8 Å². The van der Waals surface area contributed by atoms with Crippen molar-refractivity contribution in [2.45, 2.75) is 27.7 Å². The summed E-state index contributed by atoms with van der Waals surface area (Å²) < 4.78 is 1.84. The molecule has 0 amide bonds. The summed E-state index contributed by atoms with van der Waals surface area (Å²) in [6, 6.07) is 12.1. The van der Waals surface area contributed by atoms with Crippen LogP contribution in [0.25, 0.3) is 5.82 Å². The lowest BCUT2D eigenvalue weighted by Gasteiger charge is -2.11. The minimum absolute atomic E-state index is 0.709. The minimum atomic E-state index is 0.709. The fourth-order valence-corrected chi connectivity index (χ4v) is 2.44. The molecule has 3 rings (SSSR count). The topological polar surface area (TPSA) is 55.6 Å².